The summed E-state index contributed by atoms with van der Waals surface area (Å²) < 4.78 is 10.8. The summed E-state index contributed by atoms with van der Waals surface area (Å²) in [6.07, 6.45) is 8.49. The maximum atomic E-state index is 6.10. The Morgan fingerprint density at radius 3 is 2.83 bits per heavy atom. The molecule has 0 saturated carbocycles. The molecular formula is C21H18ClN5OS. The Morgan fingerprint density at radius 2 is 1.97 bits per heavy atom. The van der Waals surface area contributed by atoms with Gasteiger partial charge in [0.25, 0.3) is 0 Å². The van der Waals surface area contributed by atoms with Crippen LogP contribution < -0.4 is 0 Å². The second-order valence-corrected chi connectivity index (χ2v) is 9.03. The largest absolute Gasteiger partial charge is 0.381 e. The maximum Gasteiger partial charge on any atom is 0.195 e. The van der Waals surface area contributed by atoms with Gasteiger partial charge in [-0.15, -0.1) is 0 Å². The highest BCUT2D eigenvalue weighted by Crippen LogP contribution is 2.33. The zero-order valence-electron chi connectivity index (χ0n) is 15.6. The van der Waals surface area contributed by atoms with Crippen molar-refractivity contribution in [3.63, 3.8) is 0 Å². The van der Waals surface area contributed by atoms with E-state index in [1.165, 1.54) is 16.9 Å². The van der Waals surface area contributed by atoms with Crippen molar-refractivity contribution in [2.75, 3.05) is 13.2 Å². The monoisotopic (exact) mass is 423 g/mol. The van der Waals surface area contributed by atoms with E-state index in [-0.39, 0.29) is 0 Å². The predicted molar refractivity (Wildman–Crippen MR) is 115 cm³/mol. The fraction of sp³-hybridized carbons (Fsp3) is 0.286. The lowest BCUT2D eigenvalue weighted by Crippen LogP contribution is -2.21. The number of aromatic nitrogens is 5. The van der Waals surface area contributed by atoms with Gasteiger partial charge in [0, 0.05) is 43.5 Å². The summed E-state index contributed by atoms with van der Waals surface area (Å²) in [5.74, 6) is 1.03. The van der Waals surface area contributed by atoms with Crippen LogP contribution in [-0.2, 0) is 11.2 Å². The van der Waals surface area contributed by atoms with E-state index in [9.17, 15) is 0 Å². The molecule has 0 N–H and O–H groups in total. The van der Waals surface area contributed by atoms with E-state index in [2.05, 4.69) is 27.8 Å². The normalized spacial score (nSPS) is 15.8. The van der Waals surface area contributed by atoms with Crippen LogP contribution in [0.5, 0.6) is 0 Å². The quantitative estimate of drug-likeness (QED) is 0.414. The number of para-hydroxylation sites is 1. The molecule has 5 aromatic rings. The molecule has 0 aliphatic carbocycles. The lowest BCUT2D eigenvalue weighted by atomic mass is 10.1. The smallest absolute Gasteiger partial charge is 0.195 e. The molecule has 0 atom stereocenters. The van der Waals surface area contributed by atoms with Gasteiger partial charge in [0.05, 0.1) is 22.9 Å². The Labute approximate surface area is 175 Å². The van der Waals surface area contributed by atoms with Crippen molar-refractivity contribution in [1.29, 1.82) is 0 Å². The third-order valence-electron chi connectivity index (χ3n) is 5.57. The number of benzene rings is 1. The van der Waals surface area contributed by atoms with Crippen molar-refractivity contribution in [2.45, 2.75) is 25.3 Å². The Hall–Kier alpha value is -2.48. The number of nitrogens with zero attached hydrogens (tertiary/aromatic N) is 5. The van der Waals surface area contributed by atoms with E-state index >= 15 is 0 Å². The molecule has 4 aromatic heterocycles. The molecule has 8 heteroatoms. The minimum atomic E-state index is 0.368. The molecule has 0 bridgehead atoms. The highest BCUT2D eigenvalue weighted by atomic mass is 35.5. The van der Waals surface area contributed by atoms with Gasteiger partial charge in [-0.2, -0.15) is 0 Å². The van der Waals surface area contributed by atoms with Gasteiger partial charge in [0.1, 0.15) is 15.7 Å². The Balaban J connectivity index is 1.53. The minimum Gasteiger partial charge on any atom is -0.381 e. The number of hydrogen-bond donors (Lipinski definition) is 0. The highest BCUT2D eigenvalue weighted by Gasteiger charge is 2.24. The highest BCUT2D eigenvalue weighted by molar-refractivity contribution is 7.20. The van der Waals surface area contributed by atoms with Gasteiger partial charge in [0.2, 0.25) is 0 Å². The number of hydrogen-bond acceptors (Lipinski definition) is 5. The second-order valence-electron chi connectivity index (χ2n) is 7.38. The van der Waals surface area contributed by atoms with Crippen molar-refractivity contribution in [1.82, 2.24) is 23.9 Å². The second kappa shape index (κ2) is 6.79. The molecule has 146 valence electrons. The SMILES string of the molecule is Clc1cn2cc(Cc3nc4cnc5ccccc5c4n3C3CCOCC3)nc2s1. The van der Waals surface area contributed by atoms with Gasteiger partial charge in [-0.3, -0.25) is 9.38 Å². The van der Waals surface area contributed by atoms with Crippen molar-refractivity contribution in [2.24, 2.45) is 0 Å². The molecule has 5 heterocycles. The van der Waals surface area contributed by atoms with E-state index in [0.717, 1.165) is 63.3 Å². The molecular weight excluding hydrogens is 406 g/mol. The molecule has 0 radical (unpaired) electrons. The number of thiazole rings is 1. The minimum absolute atomic E-state index is 0.368. The van der Waals surface area contributed by atoms with Gasteiger partial charge in [0.15, 0.2) is 4.96 Å². The summed E-state index contributed by atoms with van der Waals surface area (Å²) in [4.78, 5) is 15.3. The first-order valence-electron chi connectivity index (χ1n) is 9.71. The average molecular weight is 424 g/mol. The van der Waals surface area contributed by atoms with Gasteiger partial charge >= 0.3 is 0 Å². The van der Waals surface area contributed by atoms with Crippen LogP contribution in [0, 0.1) is 0 Å². The summed E-state index contributed by atoms with van der Waals surface area (Å²) in [6.45, 7) is 1.57. The zero-order valence-corrected chi connectivity index (χ0v) is 17.2. The van der Waals surface area contributed by atoms with Crippen LogP contribution in [0.15, 0.2) is 42.9 Å². The summed E-state index contributed by atoms with van der Waals surface area (Å²) in [6, 6.07) is 8.66. The fourth-order valence-electron chi connectivity index (χ4n) is 4.30. The number of rotatable bonds is 3. The number of halogens is 1. The molecule has 0 unspecified atom stereocenters. The number of imidazole rings is 2. The first-order chi connectivity index (χ1) is 14.3. The van der Waals surface area contributed by atoms with Crippen LogP contribution in [0.3, 0.4) is 0 Å². The van der Waals surface area contributed by atoms with Gasteiger partial charge in [-0.25, -0.2) is 9.97 Å². The van der Waals surface area contributed by atoms with E-state index < -0.39 is 0 Å². The zero-order chi connectivity index (χ0) is 19.4. The van der Waals surface area contributed by atoms with Crippen molar-refractivity contribution in [3.05, 3.63) is 58.7 Å². The van der Waals surface area contributed by atoms with E-state index in [4.69, 9.17) is 26.3 Å². The number of pyridine rings is 1. The van der Waals surface area contributed by atoms with E-state index in [0.29, 0.717) is 12.5 Å². The van der Waals surface area contributed by atoms with Gasteiger partial charge < -0.3 is 9.30 Å². The van der Waals surface area contributed by atoms with E-state index in [1.54, 1.807) is 0 Å². The summed E-state index contributed by atoms with van der Waals surface area (Å²) in [5, 5.41) is 1.15. The topological polar surface area (TPSA) is 57.2 Å². The lowest BCUT2D eigenvalue weighted by Gasteiger charge is -2.26. The Bertz CT molecular complexity index is 1320. The van der Waals surface area contributed by atoms with Crippen molar-refractivity contribution >= 4 is 49.8 Å². The summed E-state index contributed by atoms with van der Waals surface area (Å²) in [5.41, 5.74) is 4.10. The molecule has 1 fully saturated rings. The lowest BCUT2D eigenvalue weighted by molar-refractivity contribution is 0.0700. The molecule has 29 heavy (non-hydrogen) atoms. The summed E-state index contributed by atoms with van der Waals surface area (Å²) in [7, 11) is 0. The van der Waals surface area contributed by atoms with Gasteiger partial charge in [-0.1, -0.05) is 41.1 Å². The molecule has 6 nitrogen and oxygen atoms in total. The number of ether oxygens (including phenoxy) is 1. The molecule has 1 aliphatic rings. The van der Waals surface area contributed by atoms with Crippen LogP contribution in [0.25, 0.3) is 26.9 Å². The van der Waals surface area contributed by atoms with Crippen LogP contribution in [0.1, 0.15) is 30.4 Å². The Kier molecular flexibility index (Phi) is 4.07. The third kappa shape index (κ3) is 2.92. The first kappa shape index (κ1) is 17.4. The fourth-order valence-corrected chi connectivity index (χ4v) is 5.32. The predicted octanol–water partition coefficient (Wildman–Crippen LogP) is 4.89. The maximum absolute atomic E-state index is 6.10. The average Bonchev–Trinajstić information content (AvgIpc) is 3.39. The van der Waals surface area contributed by atoms with Crippen LogP contribution in [0.2, 0.25) is 4.34 Å². The van der Waals surface area contributed by atoms with Crippen molar-refractivity contribution < 1.29 is 4.74 Å². The third-order valence-corrected chi connectivity index (χ3v) is 6.68. The molecule has 1 aliphatic heterocycles. The Morgan fingerprint density at radius 1 is 1.10 bits per heavy atom. The van der Waals surface area contributed by atoms with Crippen LogP contribution in [0.4, 0.5) is 0 Å². The van der Waals surface area contributed by atoms with Crippen molar-refractivity contribution in [3.8, 4) is 0 Å². The van der Waals surface area contributed by atoms with E-state index in [1.807, 2.05) is 29.1 Å². The standard InChI is InChI=1S/C21H18ClN5OS/c22-18-12-26-11-13(24-21(26)29-18)9-19-25-17-10-23-16-4-2-1-3-15(16)20(17)27(19)14-5-7-28-8-6-14/h1-4,10-12,14H,5-9H2. The van der Waals surface area contributed by atoms with Crippen LogP contribution >= 0.6 is 22.9 Å². The molecule has 1 saturated heterocycles. The molecule has 6 rings (SSSR count). The van der Waals surface area contributed by atoms with Gasteiger partial charge in [-0.05, 0) is 18.9 Å². The molecule has 1 aromatic carbocycles. The summed E-state index contributed by atoms with van der Waals surface area (Å²) >= 11 is 7.58. The number of fused-ring (bicyclic) bond motifs is 4. The first-order valence-corrected chi connectivity index (χ1v) is 10.9. The van der Waals surface area contributed by atoms with Crippen LogP contribution in [-0.4, -0.2) is 37.1 Å². The molecule has 0 amide bonds. The molecule has 0 spiro atoms.